The summed E-state index contributed by atoms with van der Waals surface area (Å²) >= 11 is 0. The maximum atomic E-state index is 12.2. The lowest BCUT2D eigenvalue weighted by atomic mass is 9.86. The summed E-state index contributed by atoms with van der Waals surface area (Å²) in [6.07, 6.45) is 4.65. The van der Waals surface area contributed by atoms with Crippen molar-refractivity contribution in [3.8, 4) is 5.75 Å². The molecule has 0 spiro atoms. The third-order valence-corrected chi connectivity index (χ3v) is 3.93. The van der Waals surface area contributed by atoms with Gasteiger partial charge >= 0.3 is 0 Å². The fourth-order valence-electron chi connectivity index (χ4n) is 2.64. The lowest BCUT2D eigenvalue weighted by Gasteiger charge is -2.29. The van der Waals surface area contributed by atoms with Gasteiger partial charge < -0.3 is 15.8 Å². The van der Waals surface area contributed by atoms with Crippen LogP contribution in [0.2, 0.25) is 0 Å². The van der Waals surface area contributed by atoms with Gasteiger partial charge in [-0.15, -0.1) is 0 Å². The molecule has 5 heteroatoms. The van der Waals surface area contributed by atoms with Crippen LogP contribution in [0.15, 0.2) is 24.3 Å². The molecule has 2 rings (SSSR count). The van der Waals surface area contributed by atoms with Gasteiger partial charge in [0.2, 0.25) is 0 Å². The Morgan fingerprint density at radius 2 is 1.90 bits per heavy atom. The Morgan fingerprint density at radius 1 is 1.24 bits per heavy atom. The second-order valence-corrected chi connectivity index (χ2v) is 5.62. The van der Waals surface area contributed by atoms with E-state index in [4.69, 9.17) is 10.5 Å². The maximum absolute atomic E-state index is 12.2. The van der Waals surface area contributed by atoms with Crippen LogP contribution in [-0.4, -0.2) is 24.5 Å². The van der Waals surface area contributed by atoms with E-state index in [0.29, 0.717) is 17.2 Å². The van der Waals surface area contributed by atoms with E-state index in [2.05, 4.69) is 12.2 Å². The highest BCUT2D eigenvalue weighted by Crippen LogP contribution is 2.24. The fourth-order valence-corrected chi connectivity index (χ4v) is 2.64. The topological polar surface area (TPSA) is 81.4 Å². The quantitative estimate of drug-likeness (QED) is 0.868. The lowest BCUT2D eigenvalue weighted by Crippen LogP contribution is -2.41. The summed E-state index contributed by atoms with van der Waals surface area (Å²) in [5.74, 6) is 0.468. The minimum Gasteiger partial charge on any atom is -0.484 e. The summed E-state index contributed by atoms with van der Waals surface area (Å²) in [5, 5.41) is 3.10. The van der Waals surface area contributed by atoms with E-state index in [1.807, 2.05) is 0 Å². The zero-order chi connectivity index (χ0) is 15.2. The van der Waals surface area contributed by atoms with Gasteiger partial charge in [0, 0.05) is 11.6 Å². The zero-order valence-corrected chi connectivity index (χ0v) is 12.3. The molecule has 0 aromatic heterocycles. The predicted molar refractivity (Wildman–Crippen MR) is 80.0 cm³/mol. The number of nitrogens with one attached hydrogen (secondary N) is 1. The molecule has 1 aliphatic rings. The fraction of sp³-hybridized carbons (Fsp3) is 0.500. The Labute approximate surface area is 124 Å². The second kappa shape index (κ2) is 7.11. The van der Waals surface area contributed by atoms with Gasteiger partial charge in [-0.3, -0.25) is 9.59 Å². The number of ether oxygens (including phenoxy) is 1. The number of carbonyl (C=O) groups is 2. The van der Waals surface area contributed by atoms with Crippen LogP contribution in [-0.2, 0) is 4.79 Å². The molecule has 0 radical (unpaired) electrons. The molecule has 2 unspecified atom stereocenters. The Balaban J connectivity index is 1.91. The van der Waals surface area contributed by atoms with Crippen molar-refractivity contribution in [2.24, 2.45) is 11.7 Å². The number of rotatable bonds is 5. The standard InChI is InChI=1S/C16H22N2O3/c1-11-4-2-3-5-14(11)18-16(20)12-6-8-13(9-7-12)21-10-15(17)19/h6-9,11,14H,2-5,10H2,1H3,(H2,17,19)(H,18,20). The molecule has 0 saturated heterocycles. The summed E-state index contributed by atoms with van der Waals surface area (Å²) in [6.45, 7) is 2.02. The highest BCUT2D eigenvalue weighted by molar-refractivity contribution is 5.94. The number of carbonyl (C=O) groups excluding carboxylic acids is 2. The third kappa shape index (κ3) is 4.48. The van der Waals surface area contributed by atoms with E-state index >= 15 is 0 Å². The Morgan fingerprint density at radius 3 is 2.52 bits per heavy atom. The number of nitrogens with two attached hydrogens (primary N) is 1. The first-order valence-corrected chi connectivity index (χ1v) is 7.38. The zero-order valence-electron chi connectivity index (χ0n) is 12.3. The van der Waals surface area contributed by atoms with Crippen LogP contribution >= 0.6 is 0 Å². The van der Waals surface area contributed by atoms with Crippen molar-refractivity contribution in [2.45, 2.75) is 38.6 Å². The van der Waals surface area contributed by atoms with Crippen LogP contribution in [0.25, 0.3) is 0 Å². The Bertz CT molecular complexity index is 499. The molecule has 0 bridgehead atoms. The monoisotopic (exact) mass is 290 g/mol. The van der Waals surface area contributed by atoms with Crippen LogP contribution < -0.4 is 15.8 Å². The van der Waals surface area contributed by atoms with E-state index in [0.717, 1.165) is 6.42 Å². The number of hydrogen-bond acceptors (Lipinski definition) is 3. The highest BCUT2D eigenvalue weighted by atomic mass is 16.5. The minimum atomic E-state index is -0.525. The van der Waals surface area contributed by atoms with Gasteiger partial charge in [0.25, 0.3) is 11.8 Å². The van der Waals surface area contributed by atoms with E-state index < -0.39 is 5.91 Å². The smallest absolute Gasteiger partial charge is 0.255 e. The minimum absolute atomic E-state index is 0.0600. The first-order chi connectivity index (χ1) is 10.1. The van der Waals surface area contributed by atoms with E-state index in [-0.39, 0.29) is 18.6 Å². The third-order valence-electron chi connectivity index (χ3n) is 3.93. The van der Waals surface area contributed by atoms with Crippen molar-refractivity contribution in [2.75, 3.05) is 6.61 Å². The van der Waals surface area contributed by atoms with Crippen molar-refractivity contribution in [3.05, 3.63) is 29.8 Å². The SMILES string of the molecule is CC1CCCCC1NC(=O)c1ccc(OCC(N)=O)cc1. The first-order valence-electron chi connectivity index (χ1n) is 7.38. The van der Waals surface area contributed by atoms with Gasteiger partial charge in [-0.1, -0.05) is 19.8 Å². The van der Waals surface area contributed by atoms with Gasteiger partial charge in [-0.2, -0.15) is 0 Å². The van der Waals surface area contributed by atoms with Crippen LogP contribution in [0.4, 0.5) is 0 Å². The van der Waals surface area contributed by atoms with E-state index in [1.165, 1.54) is 19.3 Å². The summed E-state index contributed by atoms with van der Waals surface area (Å²) < 4.78 is 5.16. The van der Waals surface area contributed by atoms with Gasteiger partial charge in [0.15, 0.2) is 6.61 Å². The van der Waals surface area contributed by atoms with Gasteiger partial charge in [0.05, 0.1) is 0 Å². The van der Waals surface area contributed by atoms with Gasteiger partial charge in [-0.25, -0.2) is 0 Å². The second-order valence-electron chi connectivity index (χ2n) is 5.62. The molecule has 0 heterocycles. The van der Waals surface area contributed by atoms with Crippen molar-refractivity contribution < 1.29 is 14.3 Å². The molecule has 1 aromatic carbocycles. The highest BCUT2D eigenvalue weighted by Gasteiger charge is 2.23. The number of hydrogen-bond donors (Lipinski definition) is 2. The molecule has 2 atom stereocenters. The van der Waals surface area contributed by atoms with Gasteiger partial charge in [-0.05, 0) is 43.0 Å². The number of primary amides is 1. The van der Waals surface area contributed by atoms with Crippen LogP contribution in [0.5, 0.6) is 5.75 Å². The van der Waals surface area contributed by atoms with E-state index in [1.54, 1.807) is 24.3 Å². The molecular formula is C16H22N2O3. The largest absolute Gasteiger partial charge is 0.484 e. The molecular weight excluding hydrogens is 268 g/mol. The van der Waals surface area contributed by atoms with Crippen molar-refractivity contribution >= 4 is 11.8 Å². The van der Waals surface area contributed by atoms with E-state index in [9.17, 15) is 9.59 Å². The predicted octanol–water partition coefficient (Wildman–Crippen LogP) is 1.86. The van der Waals surface area contributed by atoms with Crippen molar-refractivity contribution in [1.82, 2.24) is 5.32 Å². The van der Waals surface area contributed by atoms with Crippen LogP contribution in [0.3, 0.4) is 0 Å². The summed E-state index contributed by atoms with van der Waals surface area (Å²) in [7, 11) is 0. The first kappa shape index (κ1) is 15.4. The molecule has 0 aliphatic heterocycles. The average Bonchev–Trinajstić information content (AvgIpc) is 2.48. The van der Waals surface area contributed by atoms with Crippen LogP contribution in [0, 0.1) is 5.92 Å². The molecule has 1 saturated carbocycles. The molecule has 21 heavy (non-hydrogen) atoms. The summed E-state index contributed by atoms with van der Waals surface area (Å²) in [5.41, 5.74) is 5.60. The number of benzene rings is 1. The number of amides is 2. The molecule has 1 fully saturated rings. The van der Waals surface area contributed by atoms with Gasteiger partial charge in [0.1, 0.15) is 5.75 Å². The lowest BCUT2D eigenvalue weighted by molar-refractivity contribution is -0.119. The maximum Gasteiger partial charge on any atom is 0.255 e. The summed E-state index contributed by atoms with van der Waals surface area (Å²) in [6, 6.07) is 6.99. The summed E-state index contributed by atoms with van der Waals surface area (Å²) in [4.78, 5) is 22.8. The molecule has 3 N–H and O–H groups in total. The molecule has 5 nitrogen and oxygen atoms in total. The molecule has 1 aliphatic carbocycles. The van der Waals surface area contributed by atoms with Crippen molar-refractivity contribution in [1.29, 1.82) is 0 Å². The Kier molecular flexibility index (Phi) is 5.20. The normalized spacial score (nSPS) is 21.6. The Hall–Kier alpha value is -2.04. The molecule has 114 valence electrons. The molecule has 1 aromatic rings. The molecule has 2 amide bonds. The van der Waals surface area contributed by atoms with Crippen LogP contribution in [0.1, 0.15) is 43.0 Å². The van der Waals surface area contributed by atoms with Crippen molar-refractivity contribution in [3.63, 3.8) is 0 Å². The average molecular weight is 290 g/mol.